The van der Waals surface area contributed by atoms with E-state index in [2.05, 4.69) is 10.2 Å². The van der Waals surface area contributed by atoms with Gasteiger partial charge in [0.15, 0.2) is 0 Å². The van der Waals surface area contributed by atoms with Gasteiger partial charge in [-0.1, -0.05) is 6.92 Å². The van der Waals surface area contributed by atoms with Crippen LogP contribution in [0, 0.1) is 10.1 Å². The second kappa shape index (κ2) is 5.73. The lowest BCUT2D eigenvalue weighted by molar-refractivity contribution is -0.385. The Balaban J connectivity index is 2.50. The maximum absolute atomic E-state index is 11.6. The third kappa shape index (κ3) is 2.62. The first-order chi connectivity index (χ1) is 9.99. The first-order valence-corrected chi connectivity index (χ1v) is 6.42. The molecule has 0 fully saturated rings. The smallest absolute Gasteiger partial charge is 0.341 e. The molecule has 21 heavy (non-hydrogen) atoms. The average Bonchev–Trinajstić information content (AvgIpc) is 3.02. The van der Waals surface area contributed by atoms with Gasteiger partial charge in [-0.2, -0.15) is 10.2 Å². The van der Waals surface area contributed by atoms with Crippen LogP contribution in [0.15, 0.2) is 12.4 Å². The van der Waals surface area contributed by atoms with E-state index in [0.29, 0.717) is 12.1 Å². The van der Waals surface area contributed by atoms with Crippen molar-refractivity contribution in [3.63, 3.8) is 0 Å². The van der Waals surface area contributed by atoms with E-state index in [1.54, 1.807) is 20.9 Å². The van der Waals surface area contributed by atoms with Crippen molar-refractivity contribution in [3.8, 4) is 5.82 Å². The summed E-state index contributed by atoms with van der Waals surface area (Å²) in [7, 11) is 1.59. The number of esters is 1. The lowest BCUT2D eigenvalue weighted by Crippen LogP contribution is -2.06. The van der Waals surface area contributed by atoms with Gasteiger partial charge in [-0.25, -0.2) is 14.2 Å². The molecule has 0 unspecified atom stereocenters. The van der Waals surface area contributed by atoms with Crippen molar-refractivity contribution < 1.29 is 14.5 Å². The standard InChI is InChI=1S/C12H15N5O4/c1-4-9-10(17(19)20)11(15(3)14-9)16-7-8(6-13-16)12(18)21-5-2/h6-7H,4-5H2,1-3H3. The van der Waals surface area contributed by atoms with Gasteiger partial charge in [-0.3, -0.25) is 10.1 Å². The van der Waals surface area contributed by atoms with Crippen molar-refractivity contribution in [1.29, 1.82) is 0 Å². The topological polar surface area (TPSA) is 105 Å². The Bertz CT molecular complexity index is 688. The normalized spacial score (nSPS) is 10.6. The molecule has 0 radical (unpaired) electrons. The summed E-state index contributed by atoms with van der Waals surface area (Å²) in [5.41, 5.74) is 0.481. The van der Waals surface area contributed by atoms with Crippen LogP contribution in [0.3, 0.4) is 0 Å². The molecule has 0 aliphatic rings. The lowest BCUT2D eigenvalue weighted by atomic mass is 10.3. The maximum atomic E-state index is 11.6. The summed E-state index contributed by atoms with van der Waals surface area (Å²) < 4.78 is 7.50. The van der Waals surface area contributed by atoms with E-state index in [9.17, 15) is 14.9 Å². The molecule has 0 spiro atoms. The van der Waals surface area contributed by atoms with Crippen molar-refractivity contribution in [2.24, 2.45) is 7.05 Å². The Morgan fingerprint density at radius 1 is 1.48 bits per heavy atom. The van der Waals surface area contributed by atoms with Crippen LogP contribution in [-0.4, -0.2) is 37.1 Å². The van der Waals surface area contributed by atoms with E-state index in [1.807, 2.05) is 0 Å². The summed E-state index contributed by atoms with van der Waals surface area (Å²) in [6.07, 6.45) is 3.12. The summed E-state index contributed by atoms with van der Waals surface area (Å²) >= 11 is 0. The van der Waals surface area contributed by atoms with Gasteiger partial charge in [0, 0.05) is 13.2 Å². The van der Waals surface area contributed by atoms with E-state index in [0.717, 1.165) is 0 Å². The largest absolute Gasteiger partial charge is 0.462 e. The van der Waals surface area contributed by atoms with Crippen LogP contribution in [0.1, 0.15) is 29.9 Å². The monoisotopic (exact) mass is 293 g/mol. The molecule has 0 atom stereocenters. The Morgan fingerprint density at radius 3 is 2.76 bits per heavy atom. The molecule has 0 bridgehead atoms. The Kier molecular flexibility index (Phi) is 4.01. The number of carbonyl (C=O) groups is 1. The molecule has 2 aromatic rings. The highest BCUT2D eigenvalue weighted by Crippen LogP contribution is 2.26. The molecule has 0 amide bonds. The number of rotatable bonds is 5. The highest BCUT2D eigenvalue weighted by molar-refractivity contribution is 5.88. The second-order valence-electron chi connectivity index (χ2n) is 4.25. The minimum atomic E-state index is -0.524. The summed E-state index contributed by atoms with van der Waals surface area (Å²) in [6.45, 7) is 3.73. The maximum Gasteiger partial charge on any atom is 0.341 e. The van der Waals surface area contributed by atoms with Crippen molar-refractivity contribution in [1.82, 2.24) is 19.6 Å². The fourth-order valence-electron chi connectivity index (χ4n) is 2.00. The molecule has 2 rings (SSSR count). The predicted molar refractivity (Wildman–Crippen MR) is 72.3 cm³/mol. The molecule has 0 aliphatic heterocycles. The molecule has 0 aromatic carbocycles. The van der Waals surface area contributed by atoms with Gasteiger partial charge in [0.2, 0.25) is 5.82 Å². The fraction of sp³-hybridized carbons (Fsp3) is 0.417. The lowest BCUT2D eigenvalue weighted by Gasteiger charge is -2.00. The van der Waals surface area contributed by atoms with Crippen molar-refractivity contribution in [3.05, 3.63) is 33.8 Å². The highest BCUT2D eigenvalue weighted by Gasteiger charge is 2.28. The summed E-state index contributed by atoms with van der Waals surface area (Å²) in [5, 5.41) is 19.4. The van der Waals surface area contributed by atoms with E-state index in [1.165, 1.54) is 21.8 Å². The first-order valence-electron chi connectivity index (χ1n) is 6.42. The summed E-state index contributed by atoms with van der Waals surface area (Å²) in [6, 6.07) is 0. The third-order valence-electron chi connectivity index (χ3n) is 2.89. The summed E-state index contributed by atoms with van der Waals surface area (Å²) in [5.74, 6) is -0.323. The minimum Gasteiger partial charge on any atom is -0.462 e. The molecule has 9 heteroatoms. The van der Waals surface area contributed by atoms with Crippen LogP contribution in [0.4, 0.5) is 5.69 Å². The molecule has 0 saturated carbocycles. The fourth-order valence-corrected chi connectivity index (χ4v) is 2.00. The number of aromatic nitrogens is 4. The van der Waals surface area contributed by atoms with Crippen molar-refractivity contribution >= 4 is 11.7 Å². The van der Waals surface area contributed by atoms with Crippen LogP contribution in [0.25, 0.3) is 5.82 Å². The van der Waals surface area contributed by atoms with Crippen LogP contribution in [0.2, 0.25) is 0 Å². The molecule has 112 valence electrons. The van der Waals surface area contributed by atoms with E-state index in [4.69, 9.17) is 4.74 Å². The third-order valence-corrected chi connectivity index (χ3v) is 2.89. The number of nitrogens with zero attached hydrogens (tertiary/aromatic N) is 5. The molecule has 0 aliphatic carbocycles. The quantitative estimate of drug-likeness (QED) is 0.466. The van der Waals surface area contributed by atoms with Gasteiger partial charge < -0.3 is 4.74 Å². The molecule has 2 aromatic heterocycles. The van der Waals surface area contributed by atoms with Crippen LogP contribution in [-0.2, 0) is 18.2 Å². The SMILES string of the molecule is CCOC(=O)c1cnn(-c2c([N+](=O)[O-])c(CC)nn2C)c1. The zero-order valence-electron chi connectivity index (χ0n) is 11.9. The number of aryl methyl sites for hydroxylation is 2. The van der Waals surface area contributed by atoms with Gasteiger partial charge in [0.05, 0.1) is 23.3 Å². The van der Waals surface area contributed by atoms with Gasteiger partial charge in [-0.15, -0.1) is 0 Å². The predicted octanol–water partition coefficient (Wildman–Crippen LogP) is 1.25. The number of nitro groups is 1. The molecule has 0 N–H and O–H groups in total. The first kappa shape index (κ1) is 14.7. The number of ether oxygens (including phenoxy) is 1. The minimum absolute atomic E-state index is 0.112. The zero-order chi connectivity index (χ0) is 15.6. The van der Waals surface area contributed by atoms with Crippen LogP contribution < -0.4 is 0 Å². The van der Waals surface area contributed by atoms with Gasteiger partial charge in [0.1, 0.15) is 5.69 Å². The van der Waals surface area contributed by atoms with Crippen LogP contribution in [0.5, 0.6) is 0 Å². The van der Waals surface area contributed by atoms with Gasteiger partial charge in [0.25, 0.3) is 0 Å². The second-order valence-corrected chi connectivity index (χ2v) is 4.25. The molecule has 0 saturated heterocycles. The van der Waals surface area contributed by atoms with E-state index >= 15 is 0 Å². The Labute approximate surface area is 120 Å². The molecular weight excluding hydrogens is 278 g/mol. The molecule has 2 heterocycles. The molecule has 9 nitrogen and oxygen atoms in total. The number of hydrogen-bond acceptors (Lipinski definition) is 6. The number of hydrogen-bond donors (Lipinski definition) is 0. The van der Waals surface area contributed by atoms with Crippen LogP contribution >= 0.6 is 0 Å². The summed E-state index contributed by atoms with van der Waals surface area (Å²) in [4.78, 5) is 22.4. The zero-order valence-corrected chi connectivity index (χ0v) is 11.9. The molecular formula is C12H15N5O4. The van der Waals surface area contributed by atoms with E-state index < -0.39 is 10.9 Å². The highest BCUT2D eigenvalue weighted by atomic mass is 16.6. The van der Waals surface area contributed by atoms with Gasteiger partial charge in [-0.05, 0) is 13.3 Å². The van der Waals surface area contributed by atoms with Crippen molar-refractivity contribution in [2.75, 3.05) is 6.61 Å². The average molecular weight is 293 g/mol. The van der Waals surface area contributed by atoms with E-state index in [-0.39, 0.29) is 23.7 Å². The van der Waals surface area contributed by atoms with Crippen molar-refractivity contribution in [2.45, 2.75) is 20.3 Å². The number of carbonyl (C=O) groups excluding carboxylic acids is 1. The Morgan fingerprint density at radius 2 is 2.19 bits per heavy atom. The Hall–Kier alpha value is -2.71. The van der Waals surface area contributed by atoms with Gasteiger partial charge >= 0.3 is 11.7 Å².